The summed E-state index contributed by atoms with van der Waals surface area (Å²) in [6, 6.07) is -0.622. The van der Waals surface area contributed by atoms with Gasteiger partial charge in [0.15, 0.2) is 0 Å². The molecule has 416 valence electrons. The minimum atomic E-state index is -0.839. The molecule has 0 aliphatic rings. The molecule has 0 saturated carbocycles. The van der Waals surface area contributed by atoms with Gasteiger partial charge in [-0.05, 0) is 32.1 Å². The SMILES string of the molecule is CCCCCCCCC/C=C/C(O)C(CO)NC(=O)CCCCCCCCCCCCCCCCCCCCCCCCCCCCCOC(=O)CCCCCCCCCCCCCCCCCCC. The molecule has 0 aromatic heterocycles. The van der Waals surface area contributed by atoms with Crippen molar-refractivity contribution in [1.82, 2.24) is 5.32 Å². The fraction of sp³-hybridized carbons (Fsp3) is 0.938. The number of carbonyl (C=O) groups is 2. The van der Waals surface area contributed by atoms with E-state index in [9.17, 15) is 19.8 Å². The molecule has 0 rings (SSSR count). The second-order valence-electron chi connectivity index (χ2n) is 22.1. The van der Waals surface area contributed by atoms with Crippen molar-refractivity contribution < 1.29 is 24.5 Å². The van der Waals surface area contributed by atoms with E-state index in [4.69, 9.17) is 4.74 Å². The third-order valence-corrected chi connectivity index (χ3v) is 15.1. The summed E-state index contributed by atoms with van der Waals surface area (Å²) in [6.07, 6.45) is 72.8. The second kappa shape index (κ2) is 60.2. The topological polar surface area (TPSA) is 95.9 Å². The maximum Gasteiger partial charge on any atom is 0.305 e. The highest BCUT2D eigenvalue weighted by Crippen LogP contribution is 2.18. The molecule has 0 aliphatic heterocycles. The molecule has 6 nitrogen and oxygen atoms in total. The van der Waals surface area contributed by atoms with E-state index in [0.717, 1.165) is 38.5 Å². The zero-order valence-electron chi connectivity index (χ0n) is 47.5. The summed E-state index contributed by atoms with van der Waals surface area (Å²) >= 11 is 0. The molecule has 0 aromatic carbocycles. The van der Waals surface area contributed by atoms with Crippen LogP contribution in [0.25, 0.3) is 0 Å². The molecule has 2 unspecified atom stereocenters. The lowest BCUT2D eigenvalue weighted by atomic mass is 10.0. The largest absolute Gasteiger partial charge is 0.466 e. The molecule has 1 amide bonds. The summed E-state index contributed by atoms with van der Waals surface area (Å²) in [6.45, 7) is 4.91. The number of hydrogen-bond donors (Lipinski definition) is 3. The first-order valence-electron chi connectivity index (χ1n) is 32.0. The van der Waals surface area contributed by atoms with E-state index in [1.54, 1.807) is 6.08 Å². The van der Waals surface area contributed by atoms with Gasteiger partial charge >= 0.3 is 5.97 Å². The van der Waals surface area contributed by atoms with Crippen LogP contribution in [0, 0.1) is 0 Å². The van der Waals surface area contributed by atoms with E-state index in [2.05, 4.69) is 19.2 Å². The van der Waals surface area contributed by atoms with Crippen LogP contribution in [0.1, 0.15) is 361 Å². The summed E-state index contributed by atoms with van der Waals surface area (Å²) in [5.41, 5.74) is 0. The third kappa shape index (κ3) is 55.9. The monoisotopic (exact) mass is 988 g/mol. The Balaban J connectivity index is 3.30. The van der Waals surface area contributed by atoms with Crippen molar-refractivity contribution in [2.24, 2.45) is 0 Å². The van der Waals surface area contributed by atoms with Crippen LogP contribution < -0.4 is 5.32 Å². The molecule has 0 spiro atoms. The summed E-state index contributed by atoms with van der Waals surface area (Å²) in [7, 11) is 0. The predicted octanol–water partition coefficient (Wildman–Crippen LogP) is 20.0. The Bertz CT molecular complexity index is 1050. The van der Waals surface area contributed by atoms with Crippen molar-refractivity contribution in [1.29, 1.82) is 0 Å². The van der Waals surface area contributed by atoms with Crippen LogP contribution in [0.3, 0.4) is 0 Å². The van der Waals surface area contributed by atoms with Gasteiger partial charge in [-0.1, -0.05) is 328 Å². The zero-order valence-corrected chi connectivity index (χ0v) is 47.5. The molecular formula is C64H125NO5. The quantitative estimate of drug-likeness (QED) is 0.0321. The minimum Gasteiger partial charge on any atom is -0.466 e. The highest BCUT2D eigenvalue weighted by molar-refractivity contribution is 5.76. The highest BCUT2D eigenvalue weighted by atomic mass is 16.5. The van der Waals surface area contributed by atoms with E-state index >= 15 is 0 Å². The molecule has 0 aromatic rings. The number of esters is 1. The average molecular weight is 989 g/mol. The minimum absolute atomic E-state index is 0.0221. The summed E-state index contributed by atoms with van der Waals surface area (Å²) in [5.74, 6) is -0.0443. The van der Waals surface area contributed by atoms with Gasteiger partial charge in [-0.3, -0.25) is 9.59 Å². The molecule has 70 heavy (non-hydrogen) atoms. The maximum atomic E-state index is 12.4. The van der Waals surface area contributed by atoms with Gasteiger partial charge in [0.05, 0.1) is 25.4 Å². The van der Waals surface area contributed by atoms with Gasteiger partial charge < -0.3 is 20.3 Å². The summed E-state index contributed by atoms with van der Waals surface area (Å²) in [5, 5.41) is 23.0. The number of amides is 1. The first kappa shape index (κ1) is 68.6. The van der Waals surface area contributed by atoms with Gasteiger partial charge in [-0.2, -0.15) is 0 Å². The number of carbonyl (C=O) groups excluding carboxylic acids is 2. The van der Waals surface area contributed by atoms with Crippen molar-refractivity contribution in [2.75, 3.05) is 13.2 Å². The molecule has 3 N–H and O–H groups in total. The second-order valence-corrected chi connectivity index (χ2v) is 22.1. The van der Waals surface area contributed by atoms with Crippen LogP contribution in [-0.4, -0.2) is 47.4 Å². The number of unbranched alkanes of at least 4 members (excludes halogenated alkanes) is 49. The number of aliphatic hydroxyl groups excluding tert-OH is 2. The molecule has 0 aliphatic carbocycles. The van der Waals surface area contributed by atoms with E-state index in [1.165, 1.54) is 295 Å². The van der Waals surface area contributed by atoms with E-state index < -0.39 is 12.1 Å². The molecule has 0 saturated heterocycles. The smallest absolute Gasteiger partial charge is 0.305 e. The number of nitrogens with one attached hydrogen (secondary N) is 1. The van der Waals surface area contributed by atoms with Gasteiger partial charge in [0.2, 0.25) is 5.91 Å². The standard InChI is InChI=1S/C64H125NO5/c1-3-5-7-9-11-13-14-15-16-28-32-35-38-42-46-50-54-58-64(69)70-59-55-51-47-43-39-36-33-30-27-25-23-21-19-17-18-20-22-24-26-29-31-34-37-41-45-49-53-57-63(68)65-61(60-66)62(67)56-52-48-44-40-12-10-8-6-4-2/h52,56,61-62,66-67H,3-51,53-55,57-60H2,1-2H3,(H,65,68)/b56-52+. The van der Waals surface area contributed by atoms with Crippen LogP contribution in [0.5, 0.6) is 0 Å². The van der Waals surface area contributed by atoms with Gasteiger partial charge in [0, 0.05) is 12.8 Å². The lowest BCUT2D eigenvalue weighted by Crippen LogP contribution is -2.45. The van der Waals surface area contributed by atoms with Crippen LogP contribution in [-0.2, 0) is 14.3 Å². The Morgan fingerprint density at radius 2 is 0.657 bits per heavy atom. The first-order valence-corrected chi connectivity index (χ1v) is 32.0. The zero-order chi connectivity index (χ0) is 50.7. The van der Waals surface area contributed by atoms with Crippen LogP contribution in [0.15, 0.2) is 12.2 Å². The Kier molecular flexibility index (Phi) is 59.0. The number of hydrogen-bond acceptors (Lipinski definition) is 5. The Morgan fingerprint density at radius 3 is 0.971 bits per heavy atom. The predicted molar refractivity (Wildman–Crippen MR) is 306 cm³/mol. The fourth-order valence-corrected chi connectivity index (χ4v) is 10.2. The fourth-order valence-electron chi connectivity index (χ4n) is 10.2. The van der Waals surface area contributed by atoms with E-state index in [-0.39, 0.29) is 18.5 Å². The van der Waals surface area contributed by atoms with E-state index in [0.29, 0.717) is 19.4 Å². The number of ether oxygens (including phenoxy) is 1. The Labute approximate surface area is 438 Å². The van der Waals surface area contributed by atoms with Gasteiger partial charge in [0.1, 0.15) is 0 Å². The van der Waals surface area contributed by atoms with Crippen molar-refractivity contribution >= 4 is 11.9 Å². The lowest BCUT2D eigenvalue weighted by molar-refractivity contribution is -0.143. The van der Waals surface area contributed by atoms with Gasteiger partial charge in [0.25, 0.3) is 0 Å². The molecular weight excluding hydrogens is 863 g/mol. The number of rotatable bonds is 60. The summed E-state index contributed by atoms with van der Waals surface area (Å²) < 4.78 is 5.50. The highest BCUT2D eigenvalue weighted by Gasteiger charge is 2.18. The van der Waals surface area contributed by atoms with Gasteiger partial charge in [-0.25, -0.2) is 0 Å². The Hall–Kier alpha value is -1.40. The van der Waals surface area contributed by atoms with Crippen LogP contribution >= 0.6 is 0 Å². The molecule has 0 bridgehead atoms. The van der Waals surface area contributed by atoms with Crippen molar-refractivity contribution in [3.63, 3.8) is 0 Å². The molecule has 0 fully saturated rings. The maximum absolute atomic E-state index is 12.4. The summed E-state index contributed by atoms with van der Waals surface area (Å²) in [4.78, 5) is 24.5. The van der Waals surface area contributed by atoms with Crippen LogP contribution in [0.4, 0.5) is 0 Å². The van der Waals surface area contributed by atoms with Crippen molar-refractivity contribution in [2.45, 2.75) is 373 Å². The number of allylic oxidation sites excluding steroid dienone is 1. The van der Waals surface area contributed by atoms with Gasteiger partial charge in [-0.15, -0.1) is 0 Å². The third-order valence-electron chi connectivity index (χ3n) is 15.1. The van der Waals surface area contributed by atoms with Crippen molar-refractivity contribution in [3.05, 3.63) is 12.2 Å². The normalized spacial score (nSPS) is 12.6. The molecule has 0 heterocycles. The van der Waals surface area contributed by atoms with Crippen molar-refractivity contribution in [3.8, 4) is 0 Å². The average Bonchev–Trinajstić information content (AvgIpc) is 3.36. The first-order chi connectivity index (χ1) is 34.5. The Morgan fingerprint density at radius 1 is 0.386 bits per heavy atom. The number of aliphatic hydroxyl groups is 2. The van der Waals surface area contributed by atoms with E-state index in [1.807, 2.05) is 6.08 Å². The van der Waals surface area contributed by atoms with Crippen LogP contribution in [0.2, 0.25) is 0 Å². The molecule has 0 radical (unpaired) electrons. The lowest BCUT2D eigenvalue weighted by Gasteiger charge is -2.20. The molecule has 6 heteroatoms. The molecule has 2 atom stereocenters.